The molecule has 4 heteroatoms. The van der Waals surface area contributed by atoms with Gasteiger partial charge in [0.25, 0.3) is 0 Å². The van der Waals surface area contributed by atoms with Gasteiger partial charge in [-0.05, 0) is 25.2 Å². The highest BCUT2D eigenvalue weighted by atomic mass is 16.5. The molecule has 1 saturated carbocycles. The van der Waals surface area contributed by atoms with Crippen molar-refractivity contribution in [2.45, 2.75) is 25.4 Å². The number of ether oxygens (including phenoxy) is 3. The van der Waals surface area contributed by atoms with Gasteiger partial charge in [-0.3, -0.25) is 0 Å². The summed E-state index contributed by atoms with van der Waals surface area (Å²) in [6, 6.07) is 0. The summed E-state index contributed by atoms with van der Waals surface area (Å²) in [6.45, 7) is 3.06. The van der Waals surface area contributed by atoms with Crippen molar-refractivity contribution in [3.8, 4) is 0 Å². The number of aliphatic hydroxyl groups excluding tert-OH is 1. The second-order valence-corrected chi connectivity index (χ2v) is 3.94. The Kier molecular flexibility index (Phi) is 6.92. The molecule has 1 fully saturated rings. The van der Waals surface area contributed by atoms with E-state index in [9.17, 15) is 5.11 Å². The van der Waals surface area contributed by atoms with Crippen LogP contribution in [0.5, 0.6) is 0 Å². The molecule has 0 bridgehead atoms. The van der Waals surface area contributed by atoms with E-state index in [4.69, 9.17) is 14.2 Å². The Bertz CT molecular complexity index is 148. The maximum atomic E-state index is 9.48. The Morgan fingerprint density at radius 1 is 1.13 bits per heavy atom. The summed E-state index contributed by atoms with van der Waals surface area (Å²) in [5, 5.41) is 9.48. The lowest BCUT2D eigenvalue weighted by Crippen LogP contribution is -2.19. The van der Waals surface area contributed by atoms with E-state index in [2.05, 4.69) is 0 Å². The average molecular weight is 218 g/mol. The lowest BCUT2D eigenvalue weighted by atomic mass is 10.2. The molecule has 1 unspecified atom stereocenters. The molecule has 0 radical (unpaired) electrons. The van der Waals surface area contributed by atoms with E-state index in [1.54, 1.807) is 7.11 Å². The van der Waals surface area contributed by atoms with Gasteiger partial charge in [-0.25, -0.2) is 0 Å². The third-order valence-electron chi connectivity index (χ3n) is 2.46. The molecule has 0 aromatic heterocycles. The predicted octanol–water partition coefficient (Wildman–Crippen LogP) is 0.827. The van der Waals surface area contributed by atoms with Gasteiger partial charge >= 0.3 is 0 Å². The minimum Gasteiger partial charge on any atom is -0.390 e. The molecule has 90 valence electrons. The van der Waals surface area contributed by atoms with Crippen LogP contribution in [-0.4, -0.2) is 51.4 Å². The molecule has 0 amide bonds. The van der Waals surface area contributed by atoms with Crippen molar-refractivity contribution in [3.63, 3.8) is 0 Å². The molecule has 1 aliphatic carbocycles. The summed E-state index contributed by atoms with van der Waals surface area (Å²) >= 11 is 0. The molecule has 0 saturated heterocycles. The van der Waals surface area contributed by atoms with Crippen molar-refractivity contribution in [2.24, 2.45) is 5.92 Å². The molecule has 0 aromatic carbocycles. The maximum Gasteiger partial charge on any atom is 0.0801 e. The van der Waals surface area contributed by atoms with Crippen LogP contribution in [-0.2, 0) is 14.2 Å². The summed E-state index contributed by atoms with van der Waals surface area (Å²) in [5.41, 5.74) is 0. The van der Waals surface area contributed by atoms with Crippen molar-refractivity contribution < 1.29 is 19.3 Å². The summed E-state index contributed by atoms with van der Waals surface area (Å²) in [7, 11) is 1.68. The molecule has 1 rings (SSSR count). The molecule has 15 heavy (non-hydrogen) atoms. The minimum absolute atomic E-state index is 0.265. The second kappa shape index (κ2) is 8.05. The molecular weight excluding hydrogens is 196 g/mol. The first kappa shape index (κ1) is 12.9. The highest BCUT2D eigenvalue weighted by Crippen LogP contribution is 2.32. The fourth-order valence-electron chi connectivity index (χ4n) is 1.35. The minimum atomic E-state index is -0.265. The maximum absolute atomic E-state index is 9.48. The number of hydrogen-bond donors (Lipinski definition) is 1. The highest BCUT2D eigenvalue weighted by molar-refractivity contribution is 4.80. The van der Waals surface area contributed by atoms with Gasteiger partial charge < -0.3 is 19.3 Å². The standard InChI is InChI=1S/C11H22O4/c1-13-5-2-6-14-7-8-15-9-11(12)10-3-4-10/h10-12H,2-9H2,1H3. The van der Waals surface area contributed by atoms with Crippen LogP contribution in [0.2, 0.25) is 0 Å². The molecule has 1 N–H and O–H groups in total. The predicted molar refractivity (Wildman–Crippen MR) is 56.9 cm³/mol. The largest absolute Gasteiger partial charge is 0.390 e. The van der Waals surface area contributed by atoms with E-state index in [0.717, 1.165) is 25.9 Å². The number of hydrogen-bond acceptors (Lipinski definition) is 4. The van der Waals surface area contributed by atoms with E-state index in [0.29, 0.717) is 32.3 Å². The summed E-state index contributed by atoms with van der Waals surface area (Å²) in [6.07, 6.45) is 2.95. The smallest absolute Gasteiger partial charge is 0.0801 e. The molecular formula is C11H22O4. The Morgan fingerprint density at radius 3 is 2.53 bits per heavy atom. The van der Waals surface area contributed by atoms with Gasteiger partial charge in [-0.1, -0.05) is 0 Å². The van der Waals surface area contributed by atoms with Crippen molar-refractivity contribution in [1.29, 1.82) is 0 Å². The Hall–Kier alpha value is -0.160. The topological polar surface area (TPSA) is 47.9 Å². The van der Waals surface area contributed by atoms with Crippen molar-refractivity contribution in [3.05, 3.63) is 0 Å². The first-order valence-electron chi connectivity index (χ1n) is 5.67. The fraction of sp³-hybridized carbons (Fsp3) is 1.00. The lowest BCUT2D eigenvalue weighted by Gasteiger charge is -2.10. The van der Waals surface area contributed by atoms with Crippen LogP contribution in [0.25, 0.3) is 0 Å². The van der Waals surface area contributed by atoms with Crippen LogP contribution >= 0.6 is 0 Å². The Balaban J connectivity index is 1.72. The number of aliphatic hydroxyl groups is 1. The second-order valence-electron chi connectivity index (χ2n) is 3.94. The molecule has 0 heterocycles. The van der Waals surface area contributed by atoms with Crippen LogP contribution in [0, 0.1) is 5.92 Å². The third-order valence-corrected chi connectivity index (χ3v) is 2.46. The van der Waals surface area contributed by atoms with Gasteiger partial charge in [0.2, 0.25) is 0 Å². The fourth-order valence-corrected chi connectivity index (χ4v) is 1.35. The van der Waals surface area contributed by atoms with Crippen LogP contribution in [0.1, 0.15) is 19.3 Å². The zero-order valence-corrected chi connectivity index (χ0v) is 9.48. The van der Waals surface area contributed by atoms with Gasteiger partial charge in [0.1, 0.15) is 0 Å². The monoisotopic (exact) mass is 218 g/mol. The summed E-state index contributed by atoms with van der Waals surface area (Å²) < 4.78 is 15.5. The first-order valence-corrected chi connectivity index (χ1v) is 5.67. The normalized spacial score (nSPS) is 18.0. The van der Waals surface area contributed by atoms with Gasteiger partial charge in [0, 0.05) is 20.3 Å². The number of methoxy groups -OCH3 is 1. The Morgan fingerprint density at radius 2 is 1.87 bits per heavy atom. The molecule has 1 atom stereocenters. The molecule has 4 nitrogen and oxygen atoms in total. The molecule has 1 aliphatic rings. The van der Waals surface area contributed by atoms with Gasteiger partial charge in [-0.2, -0.15) is 0 Å². The van der Waals surface area contributed by atoms with E-state index in [1.165, 1.54) is 0 Å². The van der Waals surface area contributed by atoms with E-state index in [-0.39, 0.29) is 6.10 Å². The van der Waals surface area contributed by atoms with E-state index >= 15 is 0 Å². The highest BCUT2D eigenvalue weighted by Gasteiger charge is 2.29. The van der Waals surface area contributed by atoms with Crippen LogP contribution in [0.15, 0.2) is 0 Å². The molecule has 0 aliphatic heterocycles. The summed E-state index contributed by atoms with van der Waals surface area (Å²) in [5.74, 6) is 0.493. The molecule has 0 spiro atoms. The quantitative estimate of drug-likeness (QED) is 0.552. The van der Waals surface area contributed by atoms with Crippen LogP contribution in [0.4, 0.5) is 0 Å². The first-order chi connectivity index (χ1) is 7.34. The van der Waals surface area contributed by atoms with Crippen molar-refractivity contribution >= 4 is 0 Å². The zero-order valence-electron chi connectivity index (χ0n) is 9.48. The lowest BCUT2D eigenvalue weighted by molar-refractivity contribution is -0.00528. The van der Waals surface area contributed by atoms with Gasteiger partial charge in [0.15, 0.2) is 0 Å². The van der Waals surface area contributed by atoms with Crippen LogP contribution in [0.3, 0.4) is 0 Å². The van der Waals surface area contributed by atoms with Crippen molar-refractivity contribution in [1.82, 2.24) is 0 Å². The van der Waals surface area contributed by atoms with Crippen molar-refractivity contribution in [2.75, 3.05) is 40.1 Å². The van der Waals surface area contributed by atoms with Crippen LogP contribution < -0.4 is 0 Å². The third kappa shape index (κ3) is 6.84. The average Bonchev–Trinajstić information content (AvgIpc) is 3.05. The SMILES string of the molecule is COCCCOCCOCC(O)C1CC1. The zero-order chi connectivity index (χ0) is 10.9. The van der Waals surface area contributed by atoms with Gasteiger partial charge in [-0.15, -0.1) is 0 Å². The van der Waals surface area contributed by atoms with E-state index < -0.39 is 0 Å². The number of rotatable bonds is 10. The van der Waals surface area contributed by atoms with E-state index in [1.807, 2.05) is 0 Å². The Labute approximate surface area is 91.5 Å². The summed E-state index contributed by atoms with van der Waals surface area (Å²) in [4.78, 5) is 0. The van der Waals surface area contributed by atoms with Gasteiger partial charge in [0.05, 0.1) is 25.9 Å². The molecule has 0 aromatic rings.